The Morgan fingerprint density at radius 1 is 1.24 bits per heavy atom. The first-order valence-corrected chi connectivity index (χ1v) is 10.5. The first-order chi connectivity index (χ1) is 9.78. The molecule has 0 saturated carbocycles. The summed E-state index contributed by atoms with van der Waals surface area (Å²) < 4.78 is 17.8. The van der Waals surface area contributed by atoms with Gasteiger partial charge < -0.3 is 18.3 Å². The molecule has 0 aliphatic carbocycles. The zero-order valence-corrected chi connectivity index (χ0v) is 16.7. The standard InChI is InChI=1S/C14H30BrNO4Si/c1-7-10-14(6,11-15)20-21(18-8-2,19-9-3)16-13(17)12(4)5/h12H,7-11H2,1-6H3,(H,16,17). The predicted molar refractivity (Wildman–Crippen MR) is 90.2 cm³/mol. The molecular formula is C14H30BrNO4Si. The van der Waals surface area contributed by atoms with Crippen LogP contribution in [0.2, 0.25) is 0 Å². The van der Waals surface area contributed by atoms with E-state index in [2.05, 4.69) is 27.8 Å². The van der Waals surface area contributed by atoms with Gasteiger partial charge in [0.05, 0.1) is 5.60 Å². The molecule has 0 aromatic rings. The molecule has 5 nitrogen and oxygen atoms in total. The van der Waals surface area contributed by atoms with Gasteiger partial charge in [-0.3, -0.25) is 4.79 Å². The van der Waals surface area contributed by atoms with Gasteiger partial charge in [-0.1, -0.05) is 43.1 Å². The molecule has 0 saturated heterocycles. The van der Waals surface area contributed by atoms with E-state index in [0.717, 1.165) is 12.8 Å². The molecule has 0 spiro atoms. The van der Waals surface area contributed by atoms with Gasteiger partial charge in [0.15, 0.2) is 0 Å². The average Bonchev–Trinajstić information content (AvgIpc) is 2.39. The van der Waals surface area contributed by atoms with E-state index in [4.69, 9.17) is 13.3 Å². The van der Waals surface area contributed by atoms with Crippen molar-refractivity contribution in [1.29, 1.82) is 0 Å². The molecule has 7 heteroatoms. The Morgan fingerprint density at radius 2 is 1.76 bits per heavy atom. The summed E-state index contributed by atoms with van der Waals surface area (Å²) >= 11 is 3.50. The van der Waals surface area contributed by atoms with Crippen LogP contribution in [-0.4, -0.2) is 39.0 Å². The van der Waals surface area contributed by atoms with Crippen LogP contribution in [0, 0.1) is 5.92 Å². The highest BCUT2D eigenvalue weighted by Crippen LogP contribution is 2.25. The third-order valence-corrected chi connectivity index (χ3v) is 6.75. The van der Waals surface area contributed by atoms with E-state index in [0.29, 0.717) is 18.5 Å². The van der Waals surface area contributed by atoms with E-state index >= 15 is 0 Å². The lowest BCUT2D eigenvalue weighted by molar-refractivity contribution is -0.125. The van der Waals surface area contributed by atoms with E-state index in [1.165, 1.54) is 0 Å². The van der Waals surface area contributed by atoms with Gasteiger partial charge in [0.2, 0.25) is 5.91 Å². The Labute approximate surface area is 138 Å². The first kappa shape index (κ1) is 21.0. The van der Waals surface area contributed by atoms with Crippen LogP contribution >= 0.6 is 15.9 Å². The molecular weight excluding hydrogens is 354 g/mol. The van der Waals surface area contributed by atoms with Crippen LogP contribution in [-0.2, 0) is 18.1 Å². The van der Waals surface area contributed by atoms with Gasteiger partial charge in [0, 0.05) is 24.5 Å². The fourth-order valence-corrected chi connectivity index (χ4v) is 5.05. The number of hydrogen-bond acceptors (Lipinski definition) is 4. The third kappa shape index (κ3) is 7.23. The third-order valence-electron chi connectivity index (χ3n) is 2.91. The van der Waals surface area contributed by atoms with Crippen LogP contribution in [0.15, 0.2) is 0 Å². The summed E-state index contributed by atoms with van der Waals surface area (Å²) in [6.45, 7) is 12.4. The summed E-state index contributed by atoms with van der Waals surface area (Å²) in [7, 11) is -3.24. The molecule has 0 fully saturated rings. The molecule has 0 aromatic carbocycles. The Balaban J connectivity index is 5.29. The first-order valence-electron chi connectivity index (χ1n) is 7.64. The molecule has 0 aromatic heterocycles. The van der Waals surface area contributed by atoms with Gasteiger partial charge in [0.1, 0.15) is 0 Å². The summed E-state index contributed by atoms with van der Waals surface area (Å²) in [6.07, 6.45) is 1.83. The topological polar surface area (TPSA) is 56.8 Å². The zero-order valence-electron chi connectivity index (χ0n) is 14.1. The van der Waals surface area contributed by atoms with Crippen LogP contribution in [0.25, 0.3) is 0 Å². The lowest BCUT2D eigenvalue weighted by Gasteiger charge is -2.37. The summed E-state index contributed by atoms with van der Waals surface area (Å²) in [4.78, 5) is 15.0. The largest absolute Gasteiger partial charge is 0.633 e. The second-order valence-electron chi connectivity index (χ2n) is 5.50. The second-order valence-corrected chi connectivity index (χ2v) is 8.21. The minimum absolute atomic E-state index is 0.114. The van der Waals surface area contributed by atoms with Crippen molar-refractivity contribution < 1.29 is 18.1 Å². The van der Waals surface area contributed by atoms with Crippen molar-refractivity contribution in [2.24, 2.45) is 5.92 Å². The Bertz CT molecular complexity index is 311. The van der Waals surface area contributed by atoms with E-state index < -0.39 is 14.6 Å². The Morgan fingerprint density at radius 3 is 2.10 bits per heavy atom. The summed E-state index contributed by atoms with van der Waals surface area (Å²) in [5, 5.41) is 0.653. The van der Waals surface area contributed by atoms with Gasteiger partial charge in [-0.2, -0.15) is 0 Å². The smallest absolute Gasteiger partial charge is 0.357 e. The zero-order chi connectivity index (χ0) is 16.5. The van der Waals surface area contributed by atoms with E-state index in [1.54, 1.807) is 0 Å². The van der Waals surface area contributed by atoms with Crippen molar-refractivity contribution in [3.05, 3.63) is 0 Å². The highest BCUT2D eigenvalue weighted by atomic mass is 79.9. The number of rotatable bonds is 11. The van der Waals surface area contributed by atoms with Crippen LogP contribution in [0.4, 0.5) is 0 Å². The minimum Gasteiger partial charge on any atom is -0.357 e. The van der Waals surface area contributed by atoms with E-state index in [-0.39, 0.29) is 11.8 Å². The summed E-state index contributed by atoms with van der Waals surface area (Å²) in [5.41, 5.74) is -0.435. The fourth-order valence-electron chi connectivity index (χ4n) is 1.87. The summed E-state index contributed by atoms with van der Waals surface area (Å²) in [6, 6.07) is 0. The number of hydrogen-bond donors (Lipinski definition) is 1. The fraction of sp³-hybridized carbons (Fsp3) is 0.929. The Kier molecular flexibility index (Phi) is 9.96. The van der Waals surface area contributed by atoms with Crippen molar-refractivity contribution in [2.45, 2.75) is 60.0 Å². The predicted octanol–water partition coefficient (Wildman–Crippen LogP) is 3.24. The van der Waals surface area contributed by atoms with Crippen molar-refractivity contribution >= 4 is 30.8 Å². The van der Waals surface area contributed by atoms with Gasteiger partial charge in [-0.05, 0) is 27.2 Å². The van der Waals surface area contributed by atoms with Gasteiger partial charge in [0.25, 0.3) is 0 Å². The van der Waals surface area contributed by atoms with Crippen LogP contribution < -0.4 is 4.98 Å². The molecule has 126 valence electrons. The molecule has 1 N–H and O–H groups in total. The molecule has 0 rings (SSSR count). The molecule has 0 aliphatic rings. The number of carbonyl (C=O) groups excluding carboxylic acids is 1. The molecule has 1 unspecified atom stereocenters. The number of amides is 1. The summed E-state index contributed by atoms with van der Waals surface area (Å²) in [5.74, 6) is -0.264. The van der Waals surface area contributed by atoms with Crippen LogP contribution in [0.3, 0.4) is 0 Å². The molecule has 1 amide bonds. The second kappa shape index (κ2) is 9.94. The lowest BCUT2D eigenvalue weighted by Crippen LogP contribution is -2.65. The van der Waals surface area contributed by atoms with Crippen molar-refractivity contribution in [1.82, 2.24) is 4.98 Å². The molecule has 0 radical (unpaired) electrons. The maximum Gasteiger partial charge on any atom is 0.633 e. The number of alkyl halides is 1. The normalized spacial score (nSPS) is 15.0. The SMILES string of the molecule is CCCC(C)(CBr)O[Si](NC(=O)C(C)C)(OCC)OCC. The molecule has 21 heavy (non-hydrogen) atoms. The average molecular weight is 384 g/mol. The quantitative estimate of drug-likeness (QED) is 0.439. The minimum atomic E-state index is -3.24. The van der Waals surface area contributed by atoms with Crippen LogP contribution in [0.1, 0.15) is 54.4 Å². The van der Waals surface area contributed by atoms with Gasteiger partial charge in [-0.15, -0.1) is 0 Å². The van der Waals surface area contributed by atoms with E-state index in [1.807, 2.05) is 34.6 Å². The molecule has 0 aliphatic heterocycles. The van der Waals surface area contributed by atoms with E-state index in [9.17, 15) is 4.79 Å². The number of carbonyl (C=O) groups is 1. The molecule has 0 heterocycles. The van der Waals surface area contributed by atoms with Gasteiger partial charge >= 0.3 is 8.97 Å². The maximum absolute atomic E-state index is 12.1. The lowest BCUT2D eigenvalue weighted by atomic mass is 10.0. The van der Waals surface area contributed by atoms with Crippen molar-refractivity contribution in [3.8, 4) is 0 Å². The highest BCUT2D eigenvalue weighted by Gasteiger charge is 2.49. The maximum atomic E-state index is 12.1. The van der Waals surface area contributed by atoms with Crippen molar-refractivity contribution in [3.63, 3.8) is 0 Å². The molecule has 0 bridgehead atoms. The number of nitrogens with one attached hydrogen (secondary N) is 1. The Hall–Kier alpha value is 0.0469. The van der Waals surface area contributed by atoms with Crippen LogP contribution in [0.5, 0.6) is 0 Å². The molecule has 1 atom stereocenters. The number of halogens is 1. The van der Waals surface area contributed by atoms with Crippen molar-refractivity contribution in [2.75, 3.05) is 18.5 Å². The van der Waals surface area contributed by atoms with Gasteiger partial charge in [-0.25, -0.2) is 0 Å². The monoisotopic (exact) mass is 383 g/mol. The highest BCUT2D eigenvalue weighted by molar-refractivity contribution is 9.09.